The van der Waals surface area contributed by atoms with E-state index in [2.05, 4.69) is 5.32 Å². The van der Waals surface area contributed by atoms with Crippen LogP contribution in [-0.2, 0) is 16.1 Å². The van der Waals surface area contributed by atoms with E-state index in [0.29, 0.717) is 32.0 Å². The van der Waals surface area contributed by atoms with Gasteiger partial charge in [-0.05, 0) is 24.3 Å². The molecule has 4 rings (SSSR count). The van der Waals surface area contributed by atoms with Crippen molar-refractivity contribution in [3.63, 3.8) is 0 Å². The highest BCUT2D eigenvalue weighted by molar-refractivity contribution is 7.21. The van der Waals surface area contributed by atoms with E-state index in [0.717, 1.165) is 0 Å². The average molecular weight is 414 g/mol. The van der Waals surface area contributed by atoms with Crippen LogP contribution in [0.1, 0.15) is 15.2 Å². The molecule has 0 fully saturated rings. The molecule has 2 aromatic carbocycles. The summed E-state index contributed by atoms with van der Waals surface area (Å²) in [5, 5.41) is 2.95. The van der Waals surface area contributed by atoms with Crippen LogP contribution < -0.4 is 15.0 Å². The molecule has 1 aliphatic heterocycles. The van der Waals surface area contributed by atoms with Gasteiger partial charge in [0.15, 0.2) is 6.10 Å². The zero-order valence-electron chi connectivity index (χ0n) is 15.9. The third-order valence-corrected chi connectivity index (χ3v) is 5.99. The number of anilines is 1. The highest BCUT2D eigenvalue weighted by Crippen LogP contribution is 2.38. The minimum atomic E-state index is -0.837. The first-order valence-electron chi connectivity index (χ1n) is 9.03. The van der Waals surface area contributed by atoms with Crippen molar-refractivity contribution >= 4 is 38.9 Å². The number of amides is 2. The molecular formula is C21H19FN2O4S. The smallest absolute Gasteiger partial charge is 0.269 e. The van der Waals surface area contributed by atoms with E-state index in [9.17, 15) is 14.0 Å². The summed E-state index contributed by atoms with van der Waals surface area (Å²) in [7, 11) is 3.02. The van der Waals surface area contributed by atoms with Gasteiger partial charge in [-0.15, -0.1) is 11.3 Å². The van der Waals surface area contributed by atoms with E-state index < -0.39 is 11.9 Å². The van der Waals surface area contributed by atoms with E-state index in [1.807, 2.05) is 0 Å². The molecule has 0 unspecified atom stereocenters. The molecule has 2 amide bonds. The van der Waals surface area contributed by atoms with Crippen molar-refractivity contribution in [2.45, 2.75) is 12.7 Å². The maximum absolute atomic E-state index is 14.5. The summed E-state index contributed by atoms with van der Waals surface area (Å²) in [5.74, 6) is -0.587. The number of methoxy groups -OCH3 is 1. The van der Waals surface area contributed by atoms with E-state index in [1.165, 1.54) is 36.5 Å². The lowest BCUT2D eigenvalue weighted by Crippen LogP contribution is -2.50. The summed E-state index contributed by atoms with van der Waals surface area (Å²) in [5.41, 5.74) is 1.08. The zero-order valence-corrected chi connectivity index (χ0v) is 16.7. The number of nitrogens with zero attached hydrogens (tertiary/aromatic N) is 1. The van der Waals surface area contributed by atoms with E-state index in [1.54, 1.807) is 36.4 Å². The Morgan fingerprint density at radius 2 is 2.07 bits per heavy atom. The second kappa shape index (κ2) is 7.81. The van der Waals surface area contributed by atoms with E-state index >= 15 is 0 Å². The molecular weight excluding hydrogens is 395 g/mol. The van der Waals surface area contributed by atoms with Gasteiger partial charge >= 0.3 is 0 Å². The largest absolute Gasteiger partial charge is 0.477 e. The van der Waals surface area contributed by atoms with Gasteiger partial charge in [0, 0.05) is 29.8 Å². The molecule has 1 aromatic heterocycles. The number of halogens is 1. The van der Waals surface area contributed by atoms with Gasteiger partial charge in [-0.1, -0.05) is 18.2 Å². The second-order valence-electron chi connectivity index (χ2n) is 6.56. The fraction of sp³-hybridized carbons (Fsp3) is 0.238. The molecule has 1 N–H and O–H groups in total. The Kier molecular flexibility index (Phi) is 5.21. The number of benzene rings is 2. The molecule has 6 nitrogen and oxygen atoms in total. The maximum atomic E-state index is 14.5. The van der Waals surface area contributed by atoms with Crippen molar-refractivity contribution in [3.05, 3.63) is 58.7 Å². The number of nitrogens with one attached hydrogen (secondary N) is 1. The van der Waals surface area contributed by atoms with Crippen LogP contribution in [0.5, 0.6) is 5.75 Å². The standard InChI is InChI=1S/C21H19FN2O4S/c1-23-20(25)16-10-24(14-7-3-4-8-15(14)28-16)21(26)19-12(11-27-2)18-13(22)6-5-9-17(18)29-19/h3-9,16H,10-11H2,1-2H3,(H,23,25)/t16-/m0/s1. The SMILES string of the molecule is CNC(=O)[C@@H]1CN(C(=O)c2sc3cccc(F)c3c2COC)c2ccccc2O1. The monoisotopic (exact) mass is 414 g/mol. The number of carbonyl (C=O) groups excluding carboxylic acids is 2. The number of ether oxygens (including phenoxy) is 2. The summed E-state index contributed by atoms with van der Waals surface area (Å²) in [6.07, 6.45) is -0.837. The number of carbonyl (C=O) groups is 2. The highest BCUT2D eigenvalue weighted by atomic mass is 32.1. The quantitative estimate of drug-likeness (QED) is 0.711. The molecule has 0 spiro atoms. The first-order chi connectivity index (χ1) is 14.0. The number of rotatable bonds is 4. The van der Waals surface area contributed by atoms with Gasteiger partial charge in [-0.25, -0.2) is 4.39 Å². The van der Waals surface area contributed by atoms with Crippen molar-refractivity contribution in [3.8, 4) is 5.75 Å². The van der Waals surface area contributed by atoms with Crippen LogP contribution in [0.3, 0.4) is 0 Å². The number of hydrogen-bond donors (Lipinski definition) is 1. The van der Waals surface area contributed by atoms with Crippen LogP contribution in [0.15, 0.2) is 42.5 Å². The molecule has 1 atom stereocenters. The predicted molar refractivity (Wildman–Crippen MR) is 109 cm³/mol. The first-order valence-corrected chi connectivity index (χ1v) is 9.84. The van der Waals surface area contributed by atoms with Gasteiger partial charge in [0.25, 0.3) is 11.8 Å². The Labute approximate surface area is 170 Å². The lowest BCUT2D eigenvalue weighted by molar-refractivity contribution is -0.127. The van der Waals surface area contributed by atoms with Crippen LogP contribution in [0, 0.1) is 5.82 Å². The third-order valence-electron chi connectivity index (χ3n) is 4.80. The third kappa shape index (κ3) is 3.34. The Bertz CT molecular complexity index is 1100. The van der Waals surface area contributed by atoms with Gasteiger partial charge in [0.1, 0.15) is 11.6 Å². The zero-order chi connectivity index (χ0) is 20.5. The molecule has 0 saturated heterocycles. The van der Waals surface area contributed by atoms with E-state index in [4.69, 9.17) is 9.47 Å². The van der Waals surface area contributed by atoms with Crippen LogP contribution >= 0.6 is 11.3 Å². The molecule has 29 heavy (non-hydrogen) atoms. The minimum absolute atomic E-state index is 0.0542. The molecule has 8 heteroatoms. The summed E-state index contributed by atoms with van der Waals surface area (Å²) in [6.45, 7) is 0.158. The molecule has 0 bridgehead atoms. The number of likely N-dealkylation sites (N-methyl/N-ethyl adjacent to an activating group) is 1. The summed E-state index contributed by atoms with van der Waals surface area (Å²) in [6, 6.07) is 11.8. The van der Waals surface area contributed by atoms with Crippen molar-refractivity contribution in [2.24, 2.45) is 0 Å². The molecule has 2 heterocycles. The van der Waals surface area contributed by atoms with Crippen LogP contribution in [-0.4, -0.2) is 38.6 Å². The van der Waals surface area contributed by atoms with Gasteiger partial charge in [-0.3, -0.25) is 14.5 Å². The molecule has 1 aliphatic rings. The lowest BCUT2D eigenvalue weighted by atomic mass is 10.1. The lowest BCUT2D eigenvalue weighted by Gasteiger charge is -2.34. The summed E-state index contributed by atoms with van der Waals surface area (Å²) in [4.78, 5) is 27.7. The Morgan fingerprint density at radius 3 is 2.83 bits per heavy atom. The van der Waals surface area contributed by atoms with Crippen molar-refractivity contribution in [2.75, 3.05) is 25.6 Å². The number of hydrogen-bond acceptors (Lipinski definition) is 5. The first kappa shape index (κ1) is 19.4. The number of para-hydroxylation sites is 2. The molecule has 0 saturated carbocycles. The highest BCUT2D eigenvalue weighted by Gasteiger charge is 2.35. The molecule has 150 valence electrons. The fourth-order valence-corrected chi connectivity index (χ4v) is 4.64. The van der Waals surface area contributed by atoms with E-state index in [-0.39, 0.29) is 25.0 Å². The average Bonchev–Trinajstić information content (AvgIpc) is 3.12. The number of fused-ring (bicyclic) bond motifs is 2. The maximum Gasteiger partial charge on any atom is 0.269 e. The summed E-state index contributed by atoms with van der Waals surface area (Å²) >= 11 is 1.22. The van der Waals surface area contributed by atoms with Crippen LogP contribution in [0.25, 0.3) is 10.1 Å². The minimum Gasteiger partial charge on any atom is -0.477 e. The summed E-state index contributed by atoms with van der Waals surface area (Å²) < 4.78 is 26.2. The van der Waals surface area contributed by atoms with Crippen LogP contribution in [0.4, 0.5) is 10.1 Å². The van der Waals surface area contributed by atoms with Crippen molar-refractivity contribution in [1.29, 1.82) is 0 Å². The number of thiophene rings is 1. The topological polar surface area (TPSA) is 67.9 Å². The Balaban J connectivity index is 1.82. The molecule has 3 aromatic rings. The van der Waals surface area contributed by atoms with Gasteiger partial charge in [0.05, 0.1) is 23.7 Å². The van der Waals surface area contributed by atoms with Crippen LogP contribution in [0.2, 0.25) is 0 Å². The normalized spacial score (nSPS) is 15.7. The Morgan fingerprint density at radius 1 is 1.28 bits per heavy atom. The van der Waals surface area contributed by atoms with Gasteiger partial charge < -0.3 is 14.8 Å². The molecule has 0 aliphatic carbocycles. The van der Waals surface area contributed by atoms with Crippen molar-refractivity contribution < 1.29 is 23.5 Å². The molecule has 0 radical (unpaired) electrons. The Hall–Kier alpha value is -2.97. The van der Waals surface area contributed by atoms with Gasteiger partial charge in [0.2, 0.25) is 0 Å². The van der Waals surface area contributed by atoms with Crippen molar-refractivity contribution in [1.82, 2.24) is 5.32 Å². The second-order valence-corrected chi connectivity index (χ2v) is 7.61. The predicted octanol–water partition coefficient (Wildman–Crippen LogP) is 3.34. The van der Waals surface area contributed by atoms with Gasteiger partial charge in [-0.2, -0.15) is 0 Å². The fourth-order valence-electron chi connectivity index (χ4n) is 3.47.